The van der Waals surface area contributed by atoms with Crippen LogP contribution in [0.15, 0.2) is 60.7 Å². The first kappa shape index (κ1) is 32.0. The van der Waals surface area contributed by atoms with E-state index >= 15 is 0 Å². The summed E-state index contributed by atoms with van der Waals surface area (Å²) < 4.78 is 0. The Morgan fingerprint density at radius 3 is 1.82 bits per heavy atom. The second-order valence-electron chi connectivity index (χ2n) is 9.63. The Bertz CT molecular complexity index is 1110. The number of hydrogen-bond donors (Lipinski definition) is 6. The van der Waals surface area contributed by atoms with Crippen molar-refractivity contribution in [2.45, 2.75) is 69.5 Å². The van der Waals surface area contributed by atoms with Crippen LogP contribution in [-0.2, 0) is 36.8 Å². The molecular formula is C29H40N6O5. The van der Waals surface area contributed by atoms with Crippen molar-refractivity contribution in [1.82, 2.24) is 16.0 Å². The highest BCUT2D eigenvalue weighted by Gasteiger charge is 2.29. The molecule has 2 aromatic carbocycles. The van der Waals surface area contributed by atoms with Gasteiger partial charge in [-0.3, -0.25) is 24.0 Å². The summed E-state index contributed by atoms with van der Waals surface area (Å²) in [6.45, 7) is 0.392. The van der Waals surface area contributed by atoms with Crippen molar-refractivity contribution in [2.24, 2.45) is 17.2 Å². The van der Waals surface area contributed by atoms with Crippen LogP contribution in [0.3, 0.4) is 0 Å². The quantitative estimate of drug-likeness (QED) is 0.143. The molecule has 0 saturated heterocycles. The van der Waals surface area contributed by atoms with Gasteiger partial charge in [-0.1, -0.05) is 60.7 Å². The van der Waals surface area contributed by atoms with Gasteiger partial charge in [0.15, 0.2) is 0 Å². The molecule has 0 fully saturated rings. The second kappa shape index (κ2) is 17.4. The van der Waals surface area contributed by atoms with Crippen LogP contribution in [0.2, 0.25) is 0 Å². The third-order valence-corrected chi connectivity index (χ3v) is 6.29. The molecule has 11 heteroatoms. The first-order valence-corrected chi connectivity index (χ1v) is 13.4. The van der Waals surface area contributed by atoms with Gasteiger partial charge in [0.2, 0.25) is 29.5 Å². The summed E-state index contributed by atoms with van der Waals surface area (Å²) in [5.74, 6) is -3.28. The number of carbonyl (C=O) groups is 5. The molecule has 2 rings (SSSR count). The normalized spacial score (nSPS) is 12.9. The number of hydrogen-bond acceptors (Lipinski definition) is 6. The Labute approximate surface area is 234 Å². The largest absolute Gasteiger partial charge is 0.370 e. The fraction of sp³-hybridized carbons (Fsp3) is 0.414. The smallest absolute Gasteiger partial charge is 0.243 e. The molecule has 0 aliphatic heterocycles. The molecule has 0 aromatic heterocycles. The number of carbonyl (C=O) groups excluding carboxylic acids is 5. The van der Waals surface area contributed by atoms with Crippen molar-refractivity contribution in [1.29, 1.82) is 0 Å². The first-order chi connectivity index (χ1) is 19.2. The highest BCUT2D eigenvalue weighted by Crippen LogP contribution is 2.09. The van der Waals surface area contributed by atoms with Crippen LogP contribution < -0.4 is 33.2 Å². The summed E-state index contributed by atoms with van der Waals surface area (Å²) in [6.07, 6.45) is 2.63. The van der Waals surface area contributed by atoms with E-state index in [1.807, 2.05) is 60.7 Å². The van der Waals surface area contributed by atoms with Crippen LogP contribution in [0.4, 0.5) is 0 Å². The van der Waals surface area contributed by atoms with Gasteiger partial charge in [-0.05, 0) is 49.8 Å². The molecule has 0 radical (unpaired) electrons. The number of primary amides is 2. The van der Waals surface area contributed by atoms with Gasteiger partial charge in [0.25, 0.3) is 0 Å². The van der Waals surface area contributed by atoms with E-state index in [9.17, 15) is 24.0 Å². The molecule has 40 heavy (non-hydrogen) atoms. The highest BCUT2D eigenvalue weighted by atomic mass is 16.2. The van der Waals surface area contributed by atoms with Gasteiger partial charge in [-0.15, -0.1) is 0 Å². The number of amides is 5. The van der Waals surface area contributed by atoms with Gasteiger partial charge in [0, 0.05) is 12.8 Å². The van der Waals surface area contributed by atoms with Crippen molar-refractivity contribution < 1.29 is 24.0 Å². The minimum atomic E-state index is -1.32. The molecular weight excluding hydrogens is 512 g/mol. The monoisotopic (exact) mass is 552 g/mol. The molecule has 0 spiro atoms. The maximum Gasteiger partial charge on any atom is 0.243 e. The van der Waals surface area contributed by atoms with Gasteiger partial charge in [0.05, 0.1) is 6.42 Å². The molecule has 11 nitrogen and oxygen atoms in total. The van der Waals surface area contributed by atoms with Crippen LogP contribution in [0.5, 0.6) is 0 Å². The van der Waals surface area contributed by atoms with E-state index in [1.54, 1.807) is 0 Å². The standard InChI is InChI=1S/C29H40N6O5/c30-17-8-7-15-22(28(39)35-23(27(32)38)19-25(31)36)34-29(40)24(18-21-12-5-2-6-13-21)33-26(37)16-9-14-20-10-3-1-4-11-20/h1-6,10-13,22-24H,7-9,14-19,30H2,(H2,31,36)(H2,32,38)(H,33,37)(H,34,40)(H,35,39)/t22-,23-,24-/m0/s1. The number of aryl methyl sites for hydroxylation is 1. The zero-order valence-electron chi connectivity index (χ0n) is 22.6. The Kier molecular flexibility index (Phi) is 13.9. The van der Waals surface area contributed by atoms with E-state index in [0.29, 0.717) is 25.8 Å². The van der Waals surface area contributed by atoms with Gasteiger partial charge < -0.3 is 33.2 Å². The van der Waals surface area contributed by atoms with E-state index in [-0.39, 0.29) is 25.2 Å². The third-order valence-electron chi connectivity index (χ3n) is 6.29. The van der Waals surface area contributed by atoms with Gasteiger partial charge in [-0.2, -0.15) is 0 Å². The van der Waals surface area contributed by atoms with Crippen molar-refractivity contribution >= 4 is 29.5 Å². The average molecular weight is 553 g/mol. The summed E-state index contributed by atoms with van der Waals surface area (Å²) in [6, 6.07) is 15.7. The Hall–Kier alpha value is -4.25. The summed E-state index contributed by atoms with van der Waals surface area (Å²) in [4.78, 5) is 62.3. The molecule has 216 valence electrons. The summed E-state index contributed by atoms with van der Waals surface area (Å²) >= 11 is 0. The predicted molar refractivity (Wildman–Crippen MR) is 151 cm³/mol. The average Bonchev–Trinajstić information content (AvgIpc) is 2.92. The zero-order chi connectivity index (χ0) is 29.3. The predicted octanol–water partition coefficient (Wildman–Crippen LogP) is 0.196. The molecule has 9 N–H and O–H groups in total. The van der Waals surface area contributed by atoms with Gasteiger partial charge >= 0.3 is 0 Å². The zero-order valence-corrected chi connectivity index (χ0v) is 22.6. The number of rotatable bonds is 18. The maximum atomic E-state index is 13.4. The third kappa shape index (κ3) is 12.1. The second-order valence-corrected chi connectivity index (χ2v) is 9.63. The Balaban J connectivity index is 2.12. The minimum Gasteiger partial charge on any atom is -0.370 e. The number of benzene rings is 2. The number of nitrogens with one attached hydrogen (secondary N) is 3. The van der Waals surface area contributed by atoms with E-state index in [2.05, 4.69) is 16.0 Å². The summed E-state index contributed by atoms with van der Waals surface area (Å²) in [7, 11) is 0. The lowest BCUT2D eigenvalue weighted by Crippen LogP contribution is -2.57. The molecule has 0 bridgehead atoms. The first-order valence-electron chi connectivity index (χ1n) is 13.4. The molecule has 5 amide bonds. The fourth-order valence-electron chi connectivity index (χ4n) is 4.15. The molecule has 0 heterocycles. The molecule has 0 aliphatic carbocycles. The SMILES string of the molecule is NCCCC[C@H](NC(=O)[C@H](Cc1ccccc1)NC(=O)CCCc1ccccc1)C(=O)N[C@@H](CC(N)=O)C(N)=O. The van der Waals surface area contributed by atoms with Crippen molar-refractivity contribution in [3.8, 4) is 0 Å². The maximum absolute atomic E-state index is 13.4. The molecule has 3 atom stereocenters. The van der Waals surface area contributed by atoms with Crippen LogP contribution in [0, 0.1) is 0 Å². The summed E-state index contributed by atoms with van der Waals surface area (Å²) in [5.41, 5.74) is 18.0. The minimum absolute atomic E-state index is 0.208. The van der Waals surface area contributed by atoms with Crippen molar-refractivity contribution in [2.75, 3.05) is 6.54 Å². The van der Waals surface area contributed by atoms with Crippen LogP contribution in [0.1, 0.15) is 49.7 Å². The summed E-state index contributed by atoms with van der Waals surface area (Å²) in [5, 5.41) is 7.92. The number of unbranched alkanes of at least 4 members (excludes halogenated alkanes) is 1. The lowest BCUT2D eigenvalue weighted by Gasteiger charge is -2.25. The van der Waals surface area contributed by atoms with Crippen LogP contribution in [0.25, 0.3) is 0 Å². The molecule has 2 aromatic rings. The Morgan fingerprint density at radius 2 is 1.25 bits per heavy atom. The molecule has 0 aliphatic rings. The molecule has 0 saturated carbocycles. The highest BCUT2D eigenvalue weighted by molar-refractivity contribution is 5.95. The number of nitrogens with two attached hydrogens (primary N) is 3. The van der Waals surface area contributed by atoms with E-state index in [4.69, 9.17) is 17.2 Å². The van der Waals surface area contributed by atoms with Gasteiger partial charge in [-0.25, -0.2) is 0 Å². The van der Waals surface area contributed by atoms with Crippen LogP contribution in [-0.4, -0.2) is 54.2 Å². The topological polar surface area (TPSA) is 200 Å². The van der Waals surface area contributed by atoms with Crippen LogP contribution >= 0.6 is 0 Å². The Morgan fingerprint density at radius 1 is 0.675 bits per heavy atom. The van der Waals surface area contributed by atoms with E-state index < -0.39 is 48.2 Å². The molecule has 0 unspecified atom stereocenters. The van der Waals surface area contributed by atoms with E-state index in [1.165, 1.54) is 0 Å². The van der Waals surface area contributed by atoms with Crippen molar-refractivity contribution in [3.63, 3.8) is 0 Å². The van der Waals surface area contributed by atoms with Crippen molar-refractivity contribution in [3.05, 3.63) is 71.8 Å². The lowest BCUT2D eigenvalue weighted by atomic mass is 10.0. The van der Waals surface area contributed by atoms with Gasteiger partial charge in [0.1, 0.15) is 18.1 Å². The lowest BCUT2D eigenvalue weighted by molar-refractivity contribution is -0.134. The fourth-order valence-corrected chi connectivity index (χ4v) is 4.15. The van der Waals surface area contributed by atoms with E-state index in [0.717, 1.165) is 17.5 Å².